The molecule has 0 aliphatic rings. The van der Waals surface area contributed by atoms with E-state index in [1.54, 1.807) is 67.6 Å². The highest BCUT2D eigenvalue weighted by molar-refractivity contribution is 7.92. The van der Waals surface area contributed by atoms with Gasteiger partial charge in [0.25, 0.3) is 10.0 Å². The number of carbonyl (C=O) groups is 2. The van der Waals surface area contributed by atoms with Gasteiger partial charge in [0.05, 0.1) is 15.6 Å². The first kappa shape index (κ1) is 30.5. The van der Waals surface area contributed by atoms with E-state index in [4.69, 9.17) is 23.2 Å². The third kappa shape index (κ3) is 7.75. The first-order chi connectivity index (χ1) is 18.4. The zero-order valence-electron chi connectivity index (χ0n) is 22.4. The Labute approximate surface area is 240 Å². The molecule has 0 aromatic heterocycles. The minimum Gasteiger partial charge on any atom is -0.352 e. The number of halogens is 2. The molecule has 1 N–H and O–H groups in total. The summed E-state index contributed by atoms with van der Waals surface area (Å²) in [6, 6.07) is 18.8. The summed E-state index contributed by atoms with van der Waals surface area (Å²) in [7, 11) is -4.19. The third-order valence-corrected chi connectivity index (χ3v) is 8.75. The molecule has 2 amide bonds. The Balaban J connectivity index is 2.04. The van der Waals surface area contributed by atoms with Crippen LogP contribution in [-0.4, -0.2) is 43.8 Å². The molecule has 0 aliphatic heterocycles. The summed E-state index contributed by atoms with van der Waals surface area (Å²) in [5.74, 6) is -0.914. The highest BCUT2D eigenvalue weighted by Gasteiger charge is 2.33. The van der Waals surface area contributed by atoms with Gasteiger partial charge < -0.3 is 10.2 Å². The number of nitrogens with zero attached hydrogens (tertiary/aromatic N) is 2. The molecule has 0 fully saturated rings. The maximum Gasteiger partial charge on any atom is 0.264 e. The van der Waals surface area contributed by atoms with Crippen molar-refractivity contribution in [3.05, 3.63) is 94.0 Å². The number of sulfonamides is 1. The topological polar surface area (TPSA) is 86.8 Å². The van der Waals surface area contributed by atoms with Gasteiger partial charge in [-0.3, -0.25) is 13.9 Å². The molecule has 0 saturated heterocycles. The van der Waals surface area contributed by atoms with Gasteiger partial charge in [-0.2, -0.15) is 0 Å². The summed E-state index contributed by atoms with van der Waals surface area (Å²) in [4.78, 5) is 28.4. The molecule has 0 unspecified atom stereocenters. The van der Waals surface area contributed by atoms with Crippen LogP contribution in [-0.2, 0) is 26.2 Å². The SMILES string of the molecule is CC[C@H](C)NC(=O)[C@@H](C)N(Cc1cccc(Cl)c1)C(=O)CN(c1ccccc1Cl)S(=O)(=O)c1ccc(C)cc1. The van der Waals surface area contributed by atoms with Gasteiger partial charge in [0.2, 0.25) is 11.8 Å². The van der Waals surface area contributed by atoms with Crippen molar-refractivity contribution in [1.29, 1.82) is 0 Å². The molecule has 0 saturated carbocycles. The number of aryl methyl sites for hydroxylation is 1. The van der Waals surface area contributed by atoms with Crippen molar-refractivity contribution in [2.75, 3.05) is 10.8 Å². The molecule has 0 heterocycles. The Kier molecular flexibility index (Phi) is 10.4. The van der Waals surface area contributed by atoms with E-state index >= 15 is 0 Å². The largest absolute Gasteiger partial charge is 0.352 e. The van der Waals surface area contributed by atoms with E-state index in [9.17, 15) is 18.0 Å². The Bertz CT molecular complexity index is 1410. The molecule has 0 bridgehead atoms. The summed E-state index contributed by atoms with van der Waals surface area (Å²) >= 11 is 12.6. The zero-order valence-corrected chi connectivity index (χ0v) is 24.7. The fourth-order valence-corrected chi connectivity index (χ4v) is 5.82. The van der Waals surface area contributed by atoms with Crippen LogP contribution in [0.3, 0.4) is 0 Å². The van der Waals surface area contributed by atoms with E-state index in [1.807, 2.05) is 20.8 Å². The lowest BCUT2D eigenvalue weighted by Gasteiger charge is -2.32. The molecule has 3 aromatic carbocycles. The van der Waals surface area contributed by atoms with Crippen LogP contribution in [0.4, 0.5) is 5.69 Å². The summed E-state index contributed by atoms with van der Waals surface area (Å²) in [5, 5.41) is 3.56. The predicted octanol–water partition coefficient (Wildman–Crippen LogP) is 5.83. The predicted molar refractivity (Wildman–Crippen MR) is 157 cm³/mol. The molecule has 7 nitrogen and oxygen atoms in total. The maximum atomic E-state index is 13.9. The molecular weight excluding hydrogens is 557 g/mol. The van der Waals surface area contributed by atoms with E-state index in [1.165, 1.54) is 17.0 Å². The van der Waals surface area contributed by atoms with Gasteiger partial charge >= 0.3 is 0 Å². The third-order valence-electron chi connectivity index (χ3n) is 6.42. The number of nitrogens with one attached hydrogen (secondary N) is 1. The monoisotopic (exact) mass is 589 g/mol. The molecule has 10 heteroatoms. The van der Waals surface area contributed by atoms with E-state index in [0.29, 0.717) is 10.6 Å². The van der Waals surface area contributed by atoms with Gasteiger partial charge in [0.1, 0.15) is 12.6 Å². The first-order valence-corrected chi connectivity index (χ1v) is 14.8. The number of para-hydroxylation sites is 1. The van der Waals surface area contributed by atoms with Crippen LogP contribution in [0.15, 0.2) is 77.7 Å². The van der Waals surface area contributed by atoms with Crippen LogP contribution >= 0.6 is 23.2 Å². The molecule has 39 heavy (non-hydrogen) atoms. The Morgan fingerprint density at radius 2 is 1.62 bits per heavy atom. The lowest BCUT2D eigenvalue weighted by Crippen LogP contribution is -2.52. The zero-order chi connectivity index (χ0) is 28.7. The summed E-state index contributed by atoms with van der Waals surface area (Å²) in [5.41, 5.74) is 1.75. The second-order valence-electron chi connectivity index (χ2n) is 9.42. The van der Waals surface area contributed by atoms with Crippen molar-refractivity contribution in [3.8, 4) is 0 Å². The molecule has 0 aliphatic carbocycles. The van der Waals surface area contributed by atoms with Crippen molar-refractivity contribution in [2.24, 2.45) is 0 Å². The number of carbonyl (C=O) groups excluding carboxylic acids is 2. The van der Waals surface area contributed by atoms with Gasteiger partial charge in [0, 0.05) is 17.6 Å². The number of hydrogen-bond donors (Lipinski definition) is 1. The minimum absolute atomic E-state index is 0.0183. The van der Waals surface area contributed by atoms with Crippen LogP contribution in [0.2, 0.25) is 10.0 Å². The first-order valence-electron chi connectivity index (χ1n) is 12.6. The fourth-order valence-electron chi connectivity index (χ4n) is 3.88. The quantitative estimate of drug-likeness (QED) is 0.305. The summed E-state index contributed by atoms with van der Waals surface area (Å²) < 4.78 is 28.7. The second-order valence-corrected chi connectivity index (χ2v) is 12.1. The molecule has 208 valence electrons. The molecule has 3 aromatic rings. The number of amides is 2. The van der Waals surface area contributed by atoms with Crippen LogP contribution in [0, 0.1) is 6.92 Å². The van der Waals surface area contributed by atoms with Crippen molar-refractivity contribution >= 4 is 50.7 Å². The maximum absolute atomic E-state index is 13.9. The second kappa shape index (κ2) is 13.3. The Hall–Kier alpha value is -3.07. The fraction of sp³-hybridized carbons (Fsp3) is 0.310. The molecule has 3 rings (SSSR count). The van der Waals surface area contributed by atoms with E-state index < -0.39 is 28.5 Å². The molecule has 2 atom stereocenters. The number of rotatable bonds is 11. The lowest BCUT2D eigenvalue weighted by atomic mass is 10.1. The van der Waals surface area contributed by atoms with Gasteiger partial charge in [-0.05, 0) is 69.2 Å². The van der Waals surface area contributed by atoms with Gasteiger partial charge in [-0.25, -0.2) is 8.42 Å². The standard InChI is InChI=1S/C29H33Cl2N3O4S/c1-5-21(3)32-29(36)22(4)33(18-23-9-8-10-24(30)17-23)28(35)19-34(27-12-7-6-11-26(27)31)39(37,38)25-15-13-20(2)14-16-25/h6-17,21-22H,5,18-19H2,1-4H3,(H,32,36)/t21-,22+/m0/s1. The van der Waals surface area contributed by atoms with Crippen molar-refractivity contribution in [1.82, 2.24) is 10.2 Å². The van der Waals surface area contributed by atoms with Crippen LogP contribution in [0.25, 0.3) is 0 Å². The van der Waals surface area contributed by atoms with Crippen LogP contribution in [0.5, 0.6) is 0 Å². The van der Waals surface area contributed by atoms with Crippen LogP contribution in [0.1, 0.15) is 38.3 Å². The average Bonchev–Trinajstić information content (AvgIpc) is 2.90. The Morgan fingerprint density at radius 3 is 2.23 bits per heavy atom. The summed E-state index contributed by atoms with van der Waals surface area (Å²) in [6.07, 6.45) is 0.718. The van der Waals surface area contributed by atoms with E-state index in [0.717, 1.165) is 16.3 Å². The minimum atomic E-state index is -4.19. The normalized spacial score (nSPS) is 12.9. The van der Waals surface area contributed by atoms with Crippen molar-refractivity contribution in [2.45, 2.75) is 57.6 Å². The number of hydrogen-bond acceptors (Lipinski definition) is 4. The smallest absolute Gasteiger partial charge is 0.264 e. The van der Waals surface area contributed by atoms with Crippen LogP contribution < -0.4 is 9.62 Å². The van der Waals surface area contributed by atoms with Gasteiger partial charge in [-0.1, -0.05) is 72.1 Å². The summed E-state index contributed by atoms with van der Waals surface area (Å²) in [6.45, 7) is 6.78. The molecule has 0 spiro atoms. The van der Waals surface area contributed by atoms with Crippen molar-refractivity contribution < 1.29 is 18.0 Å². The highest BCUT2D eigenvalue weighted by atomic mass is 35.5. The van der Waals surface area contributed by atoms with E-state index in [2.05, 4.69) is 5.32 Å². The van der Waals surface area contributed by atoms with Gasteiger partial charge in [-0.15, -0.1) is 0 Å². The Morgan fingerprint density at radius 1 is 0.949 bits per heavy atom. The average molecular weight is 591 g/mol. The van der Waals surface area contributed by atoms with Crippen molar-refractivity contribution in [3.63, 3.8) is 0 Å². The number of anilines is 1. The van der Waals surface area contributed by atoms with Gasteiger partial charge in [0.15, 0.2) is 0 Å². The molecule has 0 radical (unpaired) electrons. The highest BCUT2D eigenvalue weighted by Crippen LogP contribution is 2.31. The molecular formula is C29H33Cl2N3O4S. The number of benzene rings is 3. The van der Waals surface area contributed by atoms with E-state index in [-0.39, 0.29) is 34.1 Å². The lowest BCUT2D eigenvalue weighted by molar-refractivity contribution is -0.139.